The Morgan fingerprint density at radius 2 is 2.20 bits per heavy atom. The molecule has 0 aromatic heterocycles. The van der Waals surface area contributed by atoms with Crippen LogP contribution in [0.5, 0.6) is 0 Å². The van der Waals surface area contributed by atoms with Crippen molar-refractivity contribution in [2.24, 2.45) is 0 Å². The van der Waals surface area contributed by atoms with Gasteiger partial charge in [-0.05, 0) is 28.9 Å². The molecule has 0 heterocycles. The minimum absolute atomic E-state index is 0.293. The van der Waals surface area contributed by atoms with E-state index in [4.69, 9.17) is 10.7 Å². The summed E-state index contributed by atoms with van der Waals surface area (Å²) in [7, 11) is 3.57. The van der Waals surface area contributed by atoms with Gasteiger partial charge < -0.3 is 0 Å². The van der Waals surface area contributed by atoms with Crippen molar-refractivity contribution in [1.82, 2.24) is 0 Å². The van der Waals surface area contributed by atoms with E-state index in [-0.39, 0.29) is 0 Å². The maximum Gasteiger partial charge on any atom is 0.147 e. The van der Waals surface area contributed by atoms with Gasteiger partial charge in [-0.3, -0.25) is 0 Å². The topological polar surface area (TPSA) is 17.1 Å². The van der Waals surface area contributed by atoms with Crippen molar-refractivity contribution in [2.75, 3.05) is 0 Å². The number of hydrogen-bond acceptors (Lipinski definition) is 1. The van der Waals surface area contributed by atoms with Gasteiger partial charge in [0.05, 0.1) is 4.90 Å². The van der Waals surface area contributed by atoms with Gasteiger partial charge in [-0.2, -0.15) is 0 Å². The fraction of sp³-hybridized carbons (Fsp3) is 0. The maximum absolute atomic E-state index is 12.3. The van der Waals surface area contributed by atoms with Gasteiger partial charge in [0.1, 0.15) is 15.8 Å². The molecule has 0 N–H and O–H groups in total. The monoisotopic (exact) mass is 178 g/mol. The summed E-state index contributed by atoms with van der Waals surface area (Å²) in [5, 5.41) is 0. The third-order valence-electron chi connectivity index (χ3n) is 0.981. The summed E-state index contributed by atoms with van der Waals surface area (Å²) >= 11 is 0. The number of hydrogen-bond donors (Lipinski definition) is 0. The lowest BCUT2D eigenvalue weighted by Crippen LogP contribution is -1.81. The van der Waals surface area contributed by atoms with Crippen LogP contribution >= 0.6 is 10.7 Å². The predicted molar refractivity (Wildman–Crippen MR) is 38.7 cm³/mol. The molecule has 0 radical (unpaired) electrons. The van der Waals surface area contributed by atoms with Crippen LogP contribution in [0.2, 0.25) is 0 Å². The second kappa shape index (κ2) is 3.12. The molecule has 54 valence electrons. The summed E-state index contributed by atoms with van der Waals surface area (Å²) in [6, 6.07) is 5.38. The largest absolute Gasteiger partial charge is 0.237 e. The molecule has 1 atom stereocenters. The van der Waals surface area contributed by atoms with E-state index in [0.717, 1.165) is 6.07 Å². The lowest BCUT2D eigenvalue weighted by Gasteiger charge is -1.91. The van der Waals surface area contributed by atoms with Crippen molar-refractivity contribution in [3.63, 3.8) is 0 Å². The Bertz CT molecular complexity index is 264. The number of halogens is 2. The first-order chi connectivity index (χ1) is 4.70. The van der Waals surface area contributed by atoms with Crippen LogP contribution in [0.15, 0.2) is 29.2 Å². The van der Waals surface area contributed by atoms with Crippen LogP contribution in [0.25, 0.3) is 0 Å². The van der Waals surface area contributed by atoms with E-state index in [1.54, 1.807) is 0 Å². The average Bonchev–Trinajstić information content (AvgIpc) is 1.88. The zero-order valence-electron chi connectivity index (χ0n) is 4.88. The van der Waals surface area contributed by atoms with E-state index in [9.17, 15) is 8.60 Å². The fourth-order valence-electron chi connectivity index (χ4n) is 0.567. The summed E-state index contributed by atoms with van der Waals surface area (Å²) in [5.74, 6) is -0.425. The quantitative estimate of drug-likeness (QED) is 0.602. The summed E-state index contributed by atoms with van der Waals surface area (Å²) < 4.78 is 22.8. The number of rotatable bonds is 1. The lowest BCUT2D eigenvalue weighted by atomic mass is 10.4. The molecule has 1 rings (SSSR count). The molecule has 4 heteroatoms. The van der Waals surface area contributed by atoms with Crippen molar-refractivity contribution >= 4 is 20.7 Å². The zero-order valence-corrected chi connectivity index (χ0v) is 6.45. The summed E-state index contributed by atoms with van der Waals surface area (Å²) in [4.78, 5) is 0.293. The molecule has 1 aromatic carbocycles. The second-order valence-electron chi connectivity index (χ2n) is 1.68. The third kappa shape index (κ3) is 1.78. The fourth-order valence-corrected chi connectivity index (χ4v) is 1.25. The Labute approximate surface area is 64.8 Å². The van der Waals surface area contributed by atoms with Gasteiger partial charge in [0.25, 0.3) is 0 Å². The molecule has 0 saturated heterocycles. The highest BCUT2D eigenvalue weighted by atomic mass is 35.7. The van der Waals surface area contributed by atoms with Crippen LogP contribution < -0.4 is 0 Å². The van der Waals surface area contributed by atoms with Crippen LogP contribution in [0, 0.1) is 5.82 Å². The zero-order chi connectivity index (χ0) is 7.56. The maximum atomic E-state index is 12.3. The molecule has 0 fully saturated rings. The average molecular weight is 179 g/mol. The summed E-state index contributed by atoms with van der Waals surface area (Å²) in [6.07, 6.45) is 0. The molecule has 0 spiro atoms. The van der Waals surface area contributed by atoms with Crippen molar-refractivity contribution in [1.29, 1.82) is 0 Å². The van der Waals surface area contributed by atoms with Gasteiger partial charge in [-0.1, -0.05) is 6.07 Å². The van der Waals surface area contributed by atoms with Crippen molar-refractivity contribution in [3.05, 3.63) is 30.1 Å². The van der Waals surface area contributed by atoms with Crippen LogP contribution in [0.4, 0.5) is 4.39 Å². The second-order valence-corrected chi connectivity index (χ2v) is 3.44. The molecule has 1 unspecified atom stereocenters. The Hall–Kier alpha value is -0.410. The van der Waals surface area contributed by atoms with Gasteiger partial charge in [0.15, 0.2) is 0 Å². The van der Waals surface area contributed by atoms with Crippen LogP contribution in [0.1, 0.15) is 0 Å². The normalized spacial score (nSPS) is 13.0. The molecule has 0 amide bonds. The Kier molecular flexibility index (Phi) is 2.40. The van der Waals surface area contributed by atoms with Crippen LogP contribution in [0.3, 0.4) is 0 Å². The predicted octanol–water partition coefficient (Wildman–Crippen LogP) is 2.09. The molecule has 0 aliphatic carbocycles. The highest BCUT2D eigenvalue weighted by Crippen LogP contribution is 2.10. The van der Waals surface area contributed by atoms with Gasteiger partial charge in [-0.15, -0.1) is 0 Å². The molecule has 1 nitrogen and oxygen atoms in total. The minimum Gasteiger partial charge on any atom is -0.237 e. The van der Waals surface area contributed by atoms with E-state index in [1.807, 2.05) is 0 Å². The highest BCUT2D eigenvalue weighted by Gasteiger charge is 1.98. The van der Waals surface area contributed by atoms with E-state index in [2.05, 4.69) is 0 Å². The van der Waals surface area contributed by atoms with Crippen molar-refractivity contribution in [3.8, 4) is 0 Å². The van der Waals surface area contributed by atoms with Crippen molar-refractivity contribution < 1.29 is 8.60 Å². The lowest BCUT2D eigenvalue weighted by molar-refractivity contribution is 0.623. The molecular formula is C6H4ClFOS. The first-order valence-corrected chi connectivity index (χ1v) is 4.51. The molecule has 0 aliphatic heterocycles. The first-order valence-electron chi connectivity index (χ1n) is 2.54. The molecule has 0 bridgehead atoms. The van der Waals surface area contributed by atoms with Crippen molar-refractivity contribution in [2.45, 2.75) is 4.90 Å². The minimum atomic E-state index is -1.61. The standard InChI is InChI=1S/C6H4ClFOS/c7-10(9)6-3-1-2-5(8)4-6/h1-4H. The molecular weight excluding hydrogens is 175 g/mol. The summed E-state index contributed by atoms with van der Waals surface area (Å²) in [6.45, 7) is 0. The Balaban J connectivity index is 3.07. The van der Waals surface area contributed by atoms with Crippen LogP contribution in [-0.2, 0) is 10.0 Å². The Morgan fingerprint density at radius 1 is 1.50 bits per heavy atom. The van der Waals surface area contributed by atoms with Gasteiger partial charge in [0.2, 0.25) is 0 Å². The van der Waals surface area contributed by atoms with Gasteiger partial charge >= 0.3 is 0 Å². The molecule has 0 aliphatic rings. The Morgan fingerprint density at radius 3 is 2.60 bits per heavy atom. The van der Waals surface area contributed by atoms with E-state index in [0.29, 0.717) is 4.90 Å². The summed E-state index contributed by atoms with van der Waals surface area (Å²) in [5.41, 5.74) is 0. The van der Waals surface area contributed by atoms with Gasteiger partial charge in [-0.25, -0.2) is 8.60 Å². The highest BCUT2D eigenvalue weighted by molar-refractivity contribution is 8.08. The van der Waals surface area contributed by atoms with E-state index in [1.165, 1.54) is 18.2 Å². The smallest absolute Gasteiger partial charge is 0.147 e. The molecule has 1 aromatic rings. The van der Waals surface area contributed by atoms with Crippen LogP contribution in [-0.4, -0.2) is 4.21 Å². The molecule has 10 heavy (non-hydrogen) atoms. The van der Waals surface area contributed by atoms with E-state index >= 15 is 0 Å². The van der Waals surface area contributed by atoms with E-state index < -0.39 is 15.8 Å². The molecule has 0 saturated carbocycles. The SMILES string of the molecule is O=S(Cl)c1cccc(F)c1. The third-order valence-corrected chi connectivity index (χ3v) is 2.14. The first kappa shape index (κ1) is 7.69. The van der Waals surface area contributed by atoms with Gasteiger partial charge in [0, 0.05) is 0 Å². The number of benzene rings is 1.